The molecule has 0 amide bonds. The Kier molecular flexibility index (Phi) is 3.93. The standard InChI is InChI=1S/C15H13NO3/c1-11-14(6-3-9-16-11)19-13-5-2-4-12(10-13)7-8-15(17)18/h2-10H,1H3,(H,17,18). The predicted octanol–water partition coefficient (Wildman–Crippen LogP) is 3.28. The van der Waals surface area contributed by atoms with E-state index in [-0.39, 0.29) is 0 Å². The molecule has 0 saturated heterocycles. The first-order valence-electron chi connectivity index (χ1n) is 5.76. The highest BCUT2D eigenvalue weighted by Crippen LogP contribution is 2.24. The first-order valence-corrected chi connectivity index (χ1v) is 5.76. The summed E-state index contributed by atoms with van der Waals surface area (Å²) in [5, 5.41) is 8.59. The SMILES string of the molecule is Cc1ncccc1Oc1cccc(C=CC(=O)O)c1. The van der Waals surface area contributed by atoms with Crippen molar-refractivity contribution in [2.24, 2.45) is 0 Å². The van der Waals surface area contributed by atoms with Gasteiger partial charge in [-0.05, 0) is 42.8 Å². The van der Waals surface area contributed by atoms with Crippen molar-refractivity contribution in [1.82, 2.24) is 4.98 Å². The predicted molar refractivity (Wildman–Crippen MR) is 72.2 cm³/mol. The lowest BCUT2D eigenvalue weighted by Gasteiger charge is -2.08. The van der Waals surface area contributed by atoms with Crippen molar-refractivity contribution < 1.29 is 14.6 Å². The molecule has 1 aromatic heterocycles. The number of pyridine rings is 1. The highest BCUT2D eigenvalue weighted by molar-refractivity contribution is 5.85. The van der Waals surface area contributed by atoms with Gasteiger partial charge in [-0.15, -0.1) is 0 Å². The van der Waals surface area contributed by atoms with Crippen molar-refractivity contribution in [2.75, 3.05) is 0 Å². The van der Waals surface area contributed by atoms with Gasteiger partial charge in [-0.1, -0.05) is 12.1 Å². The lowest BCUT2D eigenvalue weighted by atomic mass is 10.2. The van der Waals surface area contributed by atoms with E-state index >= 15 is 0 Å². The third-order valence-corrected chi connectivity index (χ3v) is 2.46. The molecule has 0 atom stereocenters. The van der Waals surface area contributed by atoms with Crippen LogP contribution in [0.5, 0.6) is 11.5 Å². The minimum absolute atomic E-state index is 0.642. The van der Waals surface area contributed by atoms with Crippen LogP contribution < -0.4 is 4.74 Å². The summed E-state index contributed by atoms with van der Waals surface area (Å²) in [5.41, 5.74) is 1.57. The Balaban J connectivity index is 2.20. The van der Waals surface area contributed by atoms with Gasteiger partial charge in [0.05, 0.1) is 5.69 Å². The maximum absolute atomic E-state index is 10.5. The molecule has 0 fully saturated rings. The molecule has 0 saturated carbocycles. The summed E-state index contributed by atoms with van der Waals surface area (Å²) >= 11 is 0. The van der Waals surface area contributed by atoms with E-state index < -0.39 is 5.97 Å². The first-order chi connectivity index (χ1) is 9.15. The molecule has 2 rings (SSSR count). The molecule has 0 bridgehead atoms. The van der Waals surface area contributed by atoms with Crippen LogP contribution >= 0.6 is 0 Å². The van der Waals surface area contributed by atoms with E-state index in [1.807, 2.05) is 31.2 Å². The van der Waals surface area contributed by atoms with Crippen LogP contribution in [0.1, 0.15) is 11.3 Å². The van der Waals surface area contributed by atoms with Crippen LogP contribution in [0.3, 0.4) is 0 Å². The van der Waals surface area contributed by atoms with Crippen molar-refractivity contribution in [2.45, 2.75) is 6.92 Å². The number of hydrogen-bond acceptors (Lipinski definition) is 3. The molecule has 0 radical (unpaired) electrons. The Hall–Kier alpha value is -2.62. The number of ether oxygens (including phenoxy) is 1. The molecule has 4 heteroatoms. The van der Waals surface area contributed by atoms with E-state index in [1.54, 1.807) is 18.3 Å². The van der Waals surface area contributed by atoms with Gasteiger partial charge >= 0.3 is 5.97 Å². The Morgan fingerprint density at radius 1 is 1.32 bits per heavy atom. The summed E-state index contributed by atoms with van der Waals surface area (Å²) in [5.74, 6) is 0.347. The monoisotopic (exact) mass is 255 g/mol. The number of nitrogens with zero attached hydrogens (tertiary/aromatic N) is 1. The van der Waals surface area contributed by atoms with Crippen LogP contribution in [-0.2, 0) is 4.79 Å². The smallest absolute Gasteiger partial charge is 0.328 e. The van der Waals surface area contributed by atoms with Crippen LogP contribution in [0.25, 0.3) is 6.08 Å². The van der Waals surface area contributed by atoms with Gasteiger partial charge in [0.15, 0.2) is 0 Å². The van der Waals surface area contributed by atoms with Crippen LogP contribution in [0.15, 0.2) is 48.7 Å². The molecule has 0 aliphatic heterocycles. The number of aromatic nitrogens is 1. The van der Waals surface area contributed by atoms with Gasteiger partial charge in [0, 0.05) is 12.3 Å². The maximum Gasteiger partial charge on any atom is 0.328 e. The fraction of sp³-hybridized carbons (Fsp3) is 0.0667. The molecule has 1 aromatic carbocycles. The summed E-state index contributed by atoms with van der Waals surface area (Å²) < 4.78 is 5.71. The number of rotatable bonds is 4. The second-order valence-electron chi connectivity index (χ2n) is 3.93. The molecule has 0 aliphatic carbocycles. The molecule has 0 aliphatic rings. The Morgan fingerprint density at radius 3 is 2.89 bits per heavy atom. The molecule has 4 nitrogen and oxygen atoms in total. The van der Waals surface area contributed by atoms with Crippen molar-refractivity contribution in [3.05, 3.63) is 59.9 Å². The van der Waals surface area contributed by atoms with Crippen molar-refractivity contribution >= 4 is 12.0 Å². The number of carbonyl (C=O) groups is 1. The van der Waals surface area contributed by atoms with E-state index in [1.165, 1.54) is 6.08 Å². The Labute approximate surface area is 111 Å². The molecule has 2 aromatic rings. The third kappa shape index (κ3) is 3.67. The van der Waals surface area contributed by atoms with Crippen molar-refractivity contribution in [3.63, 3.8) is 0 Å². The first kappa shape index (κ1) is 12.8. The number of aryl methyl sites for hydroxylation is 1. The molecular weight excluding hydrogens is 242 g/mol. The molecule has 19 heavy (non-hydrogen) atoms. The van der Waals surface area contributed by atoms with E-state index in [9.17, 15) is 4.79 Å². The van der Waals surface area contributed by atoms with Crippen molar-refractivity contribution in [3.8, 4) is 11.5 Å². The summed E-state index contributed by atoms with van der Waals surface area (Å²) in [7, 11) is 0. The minimum Gasteiger partial charge on any atom is -0.478 e. The second-order valence-corrected chi connectivity index (χ2v) is 3.93. The largest absolute Gasteiger partial charge is 0.478 e. The van der Waals surface area contributed by atoms with Crippen LogP contribution in [0.4, 0.5) is 0 Å². The minimum atomic E-state index is -0.977. The van der Waals surface area contributed by atoms with Crippen LogP contribution in [-0.4, -0.2) is 16.1 Å². The van der Waals surface area contributed by atoms with Gasteiger partial charge in [0.25, 0.3) is 0 Å². The average Bonchev–Trinajstić information content (AvgIpc) is 2.40. The zero-order chi connectivity index (χ0) is 13.7. The number of aliphatic carboxylic acids is 1. The average molecular weight is 255 g/mol. The van der Waals surface area contributed by atoms with E-state index in [0.29, 0.717) is 11.5 Å². The Morgan fingerprint density at radius 2 is 2.16 bits per heavy atom. The van der Waals surface area contributed by atoms with Gasteiger partial charge in [-0.3, -0.25) is 4.98 Å². The fourth-order valence-corrected chi connectivity index (χ4v) is 1.55. The number of carboxylic acids is 1. The quantitative estimate of drug-likeness (QED) is 0.852. The molecule has 1 N–H and O–H groups in total. The number of hydrogen-bond donors (Lipinski definition) is 1. The van der Waals surface area contributed by atoms with E-state index in [2.05, 4.69) is 4.98 Å². The van der Waals surface area contributed by atoms with E-state index in [4.69, 9.17) is 9.84 Å². The Bertz CT molecular complexity index is 620. The normalized spacial score (nSPS) is 10.6. The van der Waals surface area contributed by atoms with E-state index in [0.717, 1.165) is 17.3 Å². The third-order valence-electron chi connectivity index (χ3n) is 2.46. The maximum atomic E-state index is 10.5. The second kappa shape index (κ2) is 5.82. The lowest BCUT2D eigenvalue weighted by Crippen LogP contribution is -1.90. The zero-order valence-corrected chi connectivity index (χ0v) is 10.4. The number of benzene rings is 1. The summed E-state index contributed by atoms with van der Waals surface area (Å²) in [6.07, 6.45) is 4.31. The van der Waals surface area contributed by atoms with Gasteiger partial charge in [-0.2, -0.15) is 0 Å². The zero-order valence-electron chi connectivity index (χ0n) is 10.4. The highest BCUT2D eigenvalue weighted by Gasteiger charge is 2.01. The summed E-state index contributed by atoms with van der Waals surface area (Å²) in [6.45, 7) is 1.86. The molecule has 0 unspecified atom stereocenters. The van der Waals surface area contributed by atoms with Gasteiger partial charge in [0.1, 0.15) is 11.5 Å². The fourth-order valence-electron chi connectivity index (χ4n) is 1.55. The highest BCUT2D eigenvalue weighted by atomic mass is 16.5. The molecule has 0 spiro atoms. The summed E-state index contributed by atoms with van der Waals surface area (Å²) in [4.78, 5) is 14.6. The molecule has 1 heterocycles. The van der Waals surface area contributed by atoms with Gasteiger partial charge in [0.2, 0.25) is 0 Å². The molecular formula is C15H13NO3. The lowest BCUT2D eigenvalue weighted by molar-refractivity contribution is -0.131. The van der Waals surface area contributed by atoms with Gasteiger partial charge in [-0.25, -0.2) is 4.79 Å². The topological polar surface area (TPSA) is 59.4 Å². The van der Waals surface area contributed by atoms with Crippen LogP contribution in [0.2, 0.25) is 0 Å². The van der Waals surface area contributed by atoms with Crippen molar-refractivity contribution in [1.29, 1.82) is 0 Å². The number of carboxylic acid groups (broad SMARTS) is 1. The summed E-state index contributed by atoms with van der Waals surface area (Å²) in [6, 6.07) is 10.8. The van der Waals surface area contributed by atoms with Gasteiger partial charge < -0.3 is 9.84 Å². The molecule has 96 valence electrons. The van der Waals surface area contributed by atoms with Crippen LogP contribution in [0, 0.1) is 6.92 Å².